The number of nitrogens with zero attached hydrogens (tertiary/aromatic N) is 1. The van der Waals surface area contributed by atoms with Gasteiger partial charge < -0.3 is 4.74 Å². The van der Waals surface area contributed by atoms with E-state index in [1.807, 2.05) is 30.3 Å². The highest BCUT2D eigenvalue weighted by Crippen LogP contribution is 2.35. The Morgan fingerprint density at radius 1 is 1.00 bits per heavy atom. The molecular formula is C20H20NOS. The molecule has 0 fully saturated rings. The molecule has 117 valence electrons. The molecule has 0 saturated carbocycles. The average Bonchev–Trinajstić information content (AvgIpc) is 3.04. The number of thiazole rings is 1. The topological polar surface area (TPSA) is 22.1 Å². The van der Waals surface area contributed by atoms with Crippen LogP contribution < -0.4 is 4.74 Å². The van der Waals surface area contributed by atoms with Gasteiger partial charge in [0.05, 0.1) is 5.69 Å². The lowest BCUT2D eigenvalue weighted by molar-refractivity contribution is 0.306. The molecule has 2 nitrogen and oxygen atoms in total. The molecule has 3 rings (SSSR count). The Morgan fingerprint density at radius 3 is 2.35 bits per heavy atom. The van der Waals surface area contributed by atoms with Gasteiger partial charge in [0.2, 0.25) is 0 Å². The normalized spacial score (nSPS) is 11.4. The minimum absolute atomic E-state index is 0.0788. The van der Waals surface area contributed by atoms with Gasteiger partial charge in [-0.15, -0.1) is 11.3 Å². The maximum atomic E-state index is 5.84. The molecule has 0 N–H and O–H groups in total. The van der Waals surface area contributed by atoms with E-state index in [9.17, 15) is 0 Å². The first-order valence-corrected chi connectivity index (χ1v) is 8.50. The van der Waals surface area contributed by atoms with Crippen molar-refractivity contribution in [3.63, 3.8) is 0 Å². The number of hydrogen-bond donors (Lipinski definition) is 0. The first kappa shape index (κ1) is 15.8. The number of benzene rings is 2. The molecular weight excluding hydrogens is 302 g/mol. The zero-order valence-electron chi connectivity index (χ0n) is 13.7. The molecule has 1 heterocycles. The molecule has 0 bridgehead atoms. The summed E-state index contributed by atoms with van der Waals surface area (Å²) in [6.45, 7) is 7.19. The first-order valence-electron chi connectivity index (χ1n) is 7.68. The molecule has 0 amide bonds. The Bertz CT molecular complexity index is 754. The van der Waals surface area contributed by atoms with Gasteiger partial charge in [-0.3, -0.25) is 0 Å². The SMILES string of the molecule is CC(C)(C)c1s[c]nc1-c1ccc(OCc2ccccc2)cc1. The number of ether oxygens (including phenoxy) is 1. The summed E-state index contributed by atoms with van der Waals surface area (Å²) in [5.41, 5.74) is 6.41. The third-order valence-electron chi connectivity index (χ3n) is 3.58. The summed E-state index contributed by atoms with van der Waals surface area (Å²) in [5.74, 6) is 0.870. The second kappa shape index (κ2) is 6.55. The summed E-state index contributed by atoms with van der Waals surface area (Å²) in [7, 11) is 0. The number of aromatic nitrogens is 1. The summed E-state index contributed by atoms with van der Waals surface area (Å²) in [6, 6.07) is 18.3. The Morgan fingerprint density at radius 2 is 1.70 bits per heavy atom. The summed E-state index contributed by atoms with van der Waals surface area (Å²) < 4.78 is 5.84. The Balaban J connectivity index is 1.74. The van der Waals surface area contributed by atoms with Crippen molar-refractivity contribution >= 4 is 11.3 Å². The van der Waals surface area contributed by atoms with Crippen LogP contribution in [-0.2, 0) is 12.0 Å². The summed E-state index contributed by atoms with van der Waals surface area (Å²) in [5, 5.41) is 0. The van der Waals surface area contributed by atoms with E-state index in [2.05, 4.69) is 55.5 Å². The van der Waals surface area contributed by atoms with E-state index in [-0.39, 0.29) is 5.41 Å². The van der Waals surface area contributed by atoms with Crippen molar-refractivity contribution < 1.29 is 4.74 Å². The Hall–Kier alpha value is -2.13. The monoisotopic (exact) mass is 322 g/mol. The third-order valence-corrected chi connectivity index (χ3v) is 4.77. The minimum atomic E-state index is 0.0788. The van der Waals surface area contributed by atoms with Gasteiger partial charge in [0.25, 0.3) is 0 Å². The second-order valence-corrected chi connectivity index (χ2v) is 7.33. The fraction of sp³-hybridized carbons (Fsp3) is 0.250. The van der Waals surface area contributed by atoms with Gasteiger partial charge in [0.15, 0.2) is 5.51 Å². The second-order valence-electron chi connectivity index (χ2n) is 6.53. The van der Waals surface area contributed by atoms with E-state index in [4.69, 9.17) is 4.74 Å². The predicted molar refractivity (Wildman–Crippen MR) is 95.9 cm³/mol. The van der Waals surface area contributed by atoms with Crippen molar-refractivity contribution in [3.05, 3.63) is 70.5 Å². The van der Waals surface area contributed by atoms with Crippen molar-refractivity contribution in [2.24, 2.45) is 0 Å². The van der Waals surface area contributed by atoms with E-state index >= 15 is 0 Å². The molecule has 0 aliphatic heterocycles. The number of rotatable bonds is 4. The van der Waals surface area contributed by atoms with Crippen molar-refractivity contribution in [1.82, 2.24) is 4.98 Å². The highest BCUT2D eigenvalue weighted by molar-refractivity contribution is 7.09. The van der Waals surface area contributed by atoms with Gasteiger partial charge in [-0.25, -0.2) is 4.98 Å². The average molecular weight is 322 g/mol. The van der Waals surface area contributed by atoms with E-state index in [1.165, 1.54) is 10.4 Å². The van der Waals surface area contributed by atoms with Crippen LogP contribution in [0.3, 0.4) is 0 Å². The zero-order valence-corrected chi connectivity index (χ0v) is 14.5. The van der Waals surface area contributed by atoms with Crippen LogP contribution in [0.2, 0.25) is 0 Å². The lowest BCUT2D eigenvalue weighted by Gasteiger charge is -2.18. The van der Waals surface area contributed by atoms with Crippen molar-refractivity contribution in [2.75, 3.05) is 0 Å². The molecule has 0 atom stereocenters. The fourth-order valence-corrected chi connectivity index (χ4v) is 3.16. The summed E-state index contributed by atoms with van der Waals surface area (Å²) >= 11 is 1.60. The zero-order chi connectivity index (χ0) is 16.3. The summed E-state index contributed by atoms with van der Waals surface area (Å²) in [4.78, 5) is 5.69. The quantitative estimate of drug-likeness (QED) is 0.634. The highest BCUT2D eigenvalue weighted by atomic mass is 32.1. The molecule has 23 heavy (non-hydrogen) atoms. The Kier molecular flexibility index (Phi) is 4.49. The van der Waals surface area contributed by atoms with Crippen LogP contribution in [0.25, 0.3) is 11.3 Å². The summed E-state index contributed by atoms with van der Waals surface area (Å²) in [6.07, 6.45) is 0. The fourth-order valence-electron chi connectivity index (χ4n) is 2.37. The van der Waals surface area contributed by atoms with Gasteiger partial charge >= 0.3 is 0 Å². The smallest absolute Gasteiger partial charge is 0.153 e. The standard InChI is InChI=1S/C20H20NOS/c1-20(2,3)19-18(21-14-23-19)16-9-11-17(12-10-16)22-13-15-7-5-4-6-8-15/h4-12H,13H2,1-3H3. The van der Waals surface area contributed by atoms with Crippen LogP contribution in [0, 0.1) is 5.51 Å². The van der Waals surface area contributed by atoms with Crippen LogP contribution in [-0.4, -0.2) is 4.98 Å². The molecule has 3 aromatic rings. The highest BCUT2D eigenvalue weighted by Gasteiger charge is 2.21. The maximum absolute atomic E-state index is 5.84. The van der Waals surface area contributed by atoms with E-state index in [0.717, 1.165) is 17.0 Å². The molecule has 0 saturated heterocycles. The first-order chi connectivity index (χ1) is 11.0. The maximum Gasteiger partial charge on any atom is 0.153 e. The van der Waals surface area contributed by atoms with Gasteiger partial charge in [0.1, 0.15) is 12.4 Å². The lowest BCUT2D eigenvalue weighted by atomic mass is 9.91. The lowest BCUT2D eigenvalue weighted by Crippen LogP contribution is -2.10. The van der Waals surface area contributed by atoms with Crippen LogP contribution in [0.4, 0.5) is 0 Å². The van der Waals surface area contributed by atoms with Crippen molar-refractivity contribution in [1.29, 1.82) is 0 Å². The molecule has 0 aliphatic carbocycles. The largest absolute Gasteiger partial charge is 0.489 e. The molecule has 1 aromatic heterocycles. The number of hydrogen-bond acceptors (Lipinski definition) is 3. The molecule has 2 aromatic carbocycles. The molecule has 0 unspecified atom stereocenters. The molecule has 1 radical (unpaired) electrons. The van der Waals surface area contributed by atoms with Crippen molar-refractivity contribution in [2.45, 2.75) is 32.8 Å². The molecule has 0 aliphatic rings. The van der Waals surface area contributed by atoms with Gasteiger partial charge in [0, 0.05) is 10.4 Å². The van der Waals surface area contributed by atoms with E-state index in [1.54, 1.807) is 11.3 Å². The van der Waals surface area contributed by atoms with E-state index in [0.29, 0.717) is 6.61 Å². The Labute approximate surface area is 141 Å². The predicted octanol–water partition coefficient (Wildman–Crippen LogP) is 5.49. The van der Waals surface area contributed by atoms with E-state index < -0.39 is 0 Å². The van der Waals surface area contributed by atoms with Gasteiger partial charge in [-0.1, -0.05) is 51.1 Å². The van der Waals surface area contributed by atoms with Gasteiger partial charge in [-0.05, 0) is 35.2 Å². The minimum Gasteiger partial charge on any atom is -0.489 e. The molecule has 3 heteroatoms. The van der Waals surface area contributed by atoms with Crippen LogP contribution >= 0.6 is 11.3 Å². The van der Waals surface area contributed by atoms with Crippen LogP contribution in [0.5, 0.6) is 5.75 Å². The van der Waals surface area contributed by atoms with Gasteiger partial charge in [-0.2, -0.15) is 0 Å². The third kappa shape index (κ3) is 3.80. The van der Waals surface area contributed by atoms with Crippen molar-refractivity contribution in [3.8, 4) is 17.0 Å². The van der Waals surface area contributed by atoms with Crippen LogP contribution in [0.15, 0.2) is 54.6 Å². The molecule has 0 spiro atoms. The van der Waals surface area contributed by atoms with Crippen LogP contribution in [0.1, 0.15) is 31.2 Å².